The molecule has 0 bridgehead atoms. The van der Waals surface area contributed by atoms with Crippen molar-refractivity contribution in [2.45, 2.75) is 25.8 Å². The molecule has 2 heterocycles. The van der Waals surface area contributed by atoms with Crippen molar-refractivity contribution >= 4 is 17.3 Å². The number of thiophene rings is 1. The summed E-state index contributed by atoms with van der Waals surface area (Å²) < 4.78 is 13.8. The molecule has 0 saturated carbocycles. The molecule has 0 atom stereocenters. The van der Waals surface area contributed by atoms with Gasteiger partial charge in [0, 0.05) is 37.1 Å². The van der Waals surface area contributed by atoms with Gasteiger partial charge in [-0.15, -0.1) is 11.3 Å². The molecule has 0 unspecified atom stereocenters. The highest BCUT2D eigenvalue weighted by molar-refractivity contribution is 7.09. The molecule has 1 aromatic carbocycles. The summed E-state index contributed by atoms with van der Waals surface area (Å²) in [6, 6.07) is 11.3. The fourth-order valence-electron chi connectivity index (χ4n) is 3.44. The van der Waals surface area contributed by atoms with E-state index in [2.05, 4.69) is 38.0 Å². The number of hydrogen-bond acceptors (Lipinski definition) is 3. The highest BCUT2D eigenvalue weighted by atomic mass is 32.1. The summed E-state index contributed by atoms with van der Waals surface area (Å²) in [6.45, 7) is 4.57. The summed E-state index contributed by atoms with van der Waals surface area (Å²) in [4.78, 5) is 8.06. The van der Waals surface area contributed by atoms with Crippen LogP contribution in [-0.2, 0) is 13.0 Å². The van der Waals surface area contributed by atoms with E-state index >= 15 is 0 Å². The lowest BCUT2D eigenvalue weighted by molar-refractivity contribution is 0.176. The van der Waals surface area contributed by atoms with Crippen molar-refractivity contribution in [1.29, 1.82) is 0 Å². The number of piperidine rings is 1. The molecule has 0 spiro atoms. The third kappa shape index (κ3) is 6.33. The van der Waals surface area contributed by atoms with E-state index in [1.807, 2.05) is 19.2 Å². The van der Waals surface area contributed by atoms with Crippen LogP contribution in [0, 0.1) is 11.7 Å². The van der Waals surface area contributed by atoms with Gasteiger partial charge in [0.15, 0.2) is 5.96 Å². The van der Waals surface area contributed by atoms with E-state index in [1.54, 1.807) is 23.5 Å². The highest BCUT2D eigenvalue weighted by Crippen LogP contribution is 2.19. The smallest absolute Gasteiger partial charge is 0.190 e. The van der Waals surface area contributed by atoms with Gasteiger partial charge in [0.2, 0.25) is 0 Å². The largest absolute Gasteiger partial charge is 0.356 e. The van der Waals surface area contributed by atoms with Crippen LogP contribution >= 0.6 is 11.3 Å². The maximum atomic E-state index is 13.8. The van der Waals surface area contributed by atoms with Crippen LogP contribution in [0.3, 0.4) is 0 Å². The van der Waals surface area contributed by atoms with Gasteiger partial charge in [-0.1, -0.05) is 24.3 Å². The number of rotatable bonds is 7. The summed E-state index contributed by atoms with van der Waals surface area (Å²) in [5.74, 6) is 1.41. The second kappa shape index (κ2) is 10.4. The average Bonchev–Trinajstić information content (AvgIpc) is 3.21. The van der Waals surface area contributed by atoms with E-state index in [4.69, 9.17) is 0 Å². The molecule has 4 nitrogen and oxygen atoms in total. The fourth-order valence-corrected chi connectivity index (χ4v) is 4.15. The molecule has 146 valence electrons. The second-order valence-corrected chi connectivity index (χ2v) is 8.05. The van der Waals surface area contributed by atoms with E-state index in [1.165, 1.54) is 4.88 Å². The van der Waals surface area contributed by atoms with Gasteiger partial charge in [0.05, 0.1) is 0 Å². The maximum absolute atomic E-state index is 13.8. The van der Waals surface area contributed by atoms with Crippen LogP contribution in [0.5, 0.6) is 0 Å². The van der Waals surface area contributed by atoms with Crippen molar-refractivity contribution in [2.75, 3.05) is 33.2 Å². The van der Waals surface area contributed by atoms with Gasteiger partial charge in [-0.25, -0.2) is 4.39 Å². The van der Waals surface area contributed by atoms with Crippen LogP contribution in [0.25, 0.3) is 0 Å². The Hall–Kier alpha value is -1.92. The lowest BCUT2D eigenvalue weighted by atomic mass is 9.96. The van der Waals surface area contributed by atoms with Crippen molar-refractivity contribution < 1.29 is 4.39 Å². The minimum Gasteiger partial charge on any atom is -0.356 e. The van der Waals surface area contributed by atoms with E-state index in [0.717, 1.165) is 57.0 Å². The monoisotopic (exact) mass is 388 g/mol. The fraction of sp³-hybridized carbons (Fsp3) is 0.476. The summed E-state index contributed by atoms with van der Waals surface area (Å²) in [6.07, 6.45) is 3.29. The van der Waals surface area contributed by atoms with E-state index in [-0.39, 0.29) is 5.82 Å². The van der Waals surface area contributed by atoms with Crippen LogP contribution in [0.15, 0.2) is 46.8 Å². The summed E-state index contributed by atoms with van der Waals surface area (Å²) >= 11 is 1.79. The first kappa shape index (κ1) is 19.8. The van der Waals surface area contributed by atoms with Crippen LogP contribution in [0.4, 0.5) is 4.39 Å². The molecule has 1 saturated heterocycles. The zero-order valence-electron chi connectivity index (χ0n) is 16.0. The van der Waals surface area contributed by atoms with E-state index < -0.39 is 0 Å². The Kier molecular flexibility index (Phi) is 7.66. The molecule has 6 heteroatoms. The molecule has 1 aliphatic heterocycles. The first-order valence-electron chi connectivity index (χ1n) is 9.67. The van der Waals surface area contributed by atoms with Crippen molar-refractivity contribution in [1.82, 2.24) is 15.5 Å². The maximum Gasteiger partial charge on any atom is 0.190 e. The van der Waals surface area contributed by atoms with Crippen molar-refractivity contribution in [2.24, 2.45) is 10.9 Å². The standard InChI is InChI=1S/C21H29FN4S/c1-23-21(24-11-8-19-6-4-14-27-19)25-15-17-9-12-26(13-10-17)16-18-5-2-3-7-20(18)22/h2-7,14,17H,8-13,15-16H2,1H3,(H2,23,24,25). The minimum absolute atomic E-state index is 0.0984. The number of nitrogens with zero attached hydrogens (tertiary/aromatic N) is 2. The van der Waals surface area contributed by atoms with Gasteiger partial charge >= 0.3 is 0 Å². The molecular formula is C21H29FN4S. The molecule has 1 aliphatic rings. The molecule has 1 aromatic heterocycles. The van der Waals surface area contributed by atoms with Gasteiger partial charge in [0.25, 0.3) is 0 Å². The Morgan fingerprint density at radius 1 is 1.19 bits per heavy atom. The number of likely N-dealkylation sites (tertiary alicyclic amines) is 1. The molecule has 0 amide bonds. The lowest BCUT2D eigenvalue weighted by Crippen LogP contribution is -2.43. The number of halogens is 1. The first-order chi connectivity index (χ1) is 13.2. The zero-order chi connectivity index (χ0) is 18.9. The van der Waals surface area contributed by atoms with Gasteiger partial charge in [-0.05, 0) is 55.8 Å². The topological polar surface area (TPSA) is 39.7 Å². The predicted molar refractivity (Wildman–Crippen MR) is 112 cm³/mol. The molecule has 0 aliphatic carbocycles. The number of guanidine groups is 1. The Morgan fingerprint density at radius 3 is 2.70 bits per heavy atom. The highest BCUT2D eigenvalue weighted by Gasteiger charge is 2.20. The molecule has 2 N–H and O–H groups in total. The number of benzene rings is 1. The van der Waals surface area contributed by atoms with Gasteiger partial charge in [-0.3, -0.25) is 9.89 Å². The van der Waals surface area contributed by atoms with Crippen molar-refractivity contribution in [3.8, 4) is 0 Å². The second-order valence-electron chi connectivity index (χ2n) is 7.02. The minimum atomic E-state index is -0.0984. The van der Waals surface area contributed by atoms with Crippen LogP contribution in [0.1, 0.15) is 23.3 Å². The Balaban J connectivity index is 1.34. The molecule has 3 rings (SSSR count). The quantitative estimate of drug-likeness (QED) is 0.563. The first-order valence-corrected chi connectivity index (χ1v) is 10.5. The third-order valence-electron chi connectivity index (χ3n) is 5.08. The summed E-state index contributed by atoms with van der Waals surface area (Å²) in [5, 5.41) is 8.96. The predicted octanol–water partition coefficient (Wildman–Crippen LogP) is 3.51. The van der Waals surface area contributed by atoms with Crippen LogP contribution in [0.2, 0.25) is 0 Å². The SMILES string of the molecule is CN=C(NCCc1cccs1)NCC1CCN(Cc2ccccc2F)CC1. The molecule has 27 heavy (non-hydrogen) atoms. The number of nitrogens with one attached hydrogen (secondary N) is 2. The van der Waals surface area contributed by atoms with Gasteiger partial charge < -0.3 is 10.6 Å². The normalized spacial score (nSPS) is 16.4. The number of aliphatic imine (C=N–C) groups is 1. The van der Waals surface area contributed by atoms with Gasteiger partial charge in [-0.2, -0.15) is 0 Å². The Morgan fingerprint density at radius 2 is 2.00 bits per heavy atom. The van der Waals surface area contributed by atoms with Crippen LogP contribution < -0.4 is 10.6 Å². The molecular weight excluding hydrogens is 359 g/mol. The Bertz CT molecular complexity index is 709. The van der Waals surface area contributed by atoms with E-state index in [9.17, 15) is 4.39 Å². The van der Waals surface area contributed by atoms with Gasteiger partial charge in [0.1, 0.15) is 5.82 Å². The number of hydrogen-bond donors (Lipinski definition) is 2. The summed E-state index contributed by atoms with van der Waals surface area (Å²) in [5.41, 5.74) is 0.796. The van der Waals surface area contributed by atoms with E-state index in [0.29, 0.717) is 12.5 Å². The van der Waals surface area contributed by atoms with Crippen molar-refractivity contribution in [3.63, 3.8) is 0 Å². The zero-order valence-corrected chi connectivity index (χ0v) is 16.8. The van der Waals surface area contributed by atoms with Crippen LogP contribution in [-0.4, -0.2) is 44.1 Å². The molecule has 1 fully saturated rings. The van der Waals surface area contributed by atoms with Crippen molar-refractivity contribution in [3.05, 3.63) is 58.0 Å². The Labute approximate surface area is 165 Å². The third-order valence-corrected chi connectivity index (χ3v) is 6.02. The molecule has 0 radical (unpaired) electrons. The molecule has 2 aromatic rings. The summed E-state index contributed by atoms with van der Waals surface area (Å²) in [7, 11) is 1.82. The lowest BCUT2D eigenvalue weighted by Gasteiger charge is -2.32. The average molecular weight is 389 g/mol.